The Balaban J connectivity index is 2.29. The highest BCUT2D eigenvalue weighted by atomic mass is 32.3. The van der Waals surface area contributed by atoms with Crippen LogP contribution in [0.15, 0.2) is 24.3 Å². The number of carbonyl (C=O) groups excluding carboxylic acids is 2. The van der Waals surface area contributed by atoms with Crippen LogP contribution >= 0.6 is 0 Å². The van der Waals surface area contributed by atoms with Crippen molar-refractivity contribution in [2.45, 2.75) is 6.42 Å². The van der Waals surface area contributed by atoms with Crippen molar-refractivity contribution in [1.82, 2.24) is 4.90 Å². The third-order valence-corrected chi connectivity index (χ3v) is 4.34. The van der Waals surface area contributed by atoms with Gasteiger partial charge in [-0.15, -0.1) is 3.89 Å². The minimum atomic E-state index is -4.63. The third kappa shape index (κ3) is 3.62. The average Bonchev–Trinajstić information content (AvgIpc) is 2.76. The van der Waals surface area contributed by atoms with Crippen molar-refractivity contribution in [3.63, 3.8) is 0 Å². The molecule has 0 spiro atoms. The van der Waals surface area contributed by atoms with E-state index in [1.54, 1.807) is 38.4 Å². The number of amides is 2. The van der Waals surface area contributed by atoms with Gasteiger partial charge in [-0.1, -0.05) is 12.1 Å². The molecule has 1 aromatic carbocycles. The van der Waals surface area contributed by atoms with Crippen LogP contribution in [0.25, 0.3) is 0 Å². The fourth-order valence-electron chi connectivity index (χ4n) is 2.54. The van der Waals surface area contributed by atoms with E-state index in [0.717, 1.165) is 0 Å². The highest BCUT2D eigenvalue weighted by molar-refractivity contribution is 7.86. The SMILES string of the molecule is CN(C)C(=O)c1ccccc1N1CC(CS(=O)(=O)F)CC1=O. The summed E-state index contributed by atoms with van der Waals surface area (Å²) >= 11 is 0. The molecule has 1 aromatic rings. The molecule has 22 heavy (non-hydrogen) atoms. The van der Waals surface area contributed by atoms with Gasteiger partial charge in [0.2, 0.25) is 5.91 Å². The highest BCUT2D eigenvalue weighted by Gasteiger charge is 2.35. The van der Waals surface area contributed by atoms with Gasteiger partial charge < -0.3 is 9.80 Å². The third-order valence-electron chi connectivity index (χ3n) is 3.47. The van der Waals surface area contributed by atoms with Crippen LogP contribution in [0.2, 0.25) is 0 Å². The molecule has 1 heterocycles. The maximum atomic E-state index is 12.8. The van der Waals surface area contributed by atoms with Gasteiger partial charge in [-0.3, -0.25) is 9.59 Å². The van der Waals surface area contributed by atoms with Gasteiger partial charge in [-0.25, -0.2) is 0 Å². The van der Waals surface area contributed by atoms with E-state index < -0.39 is 21.9 Å². The lowest BCUT2D eigenvalue weighted by molar-refractivity contribution is -0.117. The van der Waals surface area contributed by atoms with Gasteiger partial charge >= 0.3 is 10.2 Å². The molecule has 0 bridgehead atoms. The topological polar surface area (TPSA) is 74.8 Å². The van der Waals surface area contributed by atoms with E-state index in [2.05, 4.69) is 0 Å². The average molecular weight is 328 g/mol. The van der Waals surface area contributed by atoms with Crippen LogP contribution < -0.4 is 4.90 Å². The molecule has 0 aromatic heterocycles. The number of anilines is 1. The van der Waals surface area contributed by atoms with Crippen LogP contribution in [0.3, 0.4) is 0 Å². The predicted molar refractivity (Wildman–Crippen MR) is 79.8 cm³/mol. The Morgan fingerprint density at radius 1 is 1.36 bits per heavy atom. The standard InChI is InChI=1S/C14H17FN2O4S/c1-16(2)14(19)11-5-3-4-6-12(11)17-8-10(7-13(17)18)9-22(15,20)21/h3-6,10H,7-9H2,1-2H3. The molecule has 1 atom stereocenters. The lowest BCUT2D eigenvalue weighted by Crippen LogP contribution is -2.30. The zero-order valence-corrected chi connectivity index (χ0v) is 13.1. The van der Waals surface area contributed by atoms with Gasteiger partial charge in [0, 0.05) is 33.0 Å². The molecule has 1 saturated heterocycles. The number of benzene rings is 1. The van der Waals surface area contributed by atoms with Crippen molar-refractivity contribution in [3.05, 3.63) is 29.8 Å². The first-order valence-corrected chi connectivity index (χ1v) is 8.27. The number of halogens is 1. The second-order valence-corrected chi connectivity index (χ2v) is 6.91. The minimum Gasteiger partial charge on any atom is -0.345 e. The van der Waals surface area contributed by atoms with Crippen LogP contribution in [0.4, 0.5) is 9.57 Å². The van der Waals surface area contributed by atoms with Gasteiger partial charge in [0.25, 0.3) is 5.91 Å². The molecule has 2 amide bonds. The quantitative estimate of drug-likeness (QED) is 0.774. The summed E-state index contributed by atoms with van der Waals surface area (Å²) in [7, 11) is -1.43. The first kappa shape index (κ1) is 16.4. The maximum absolute atomic E-state index is 12.8. The van der Waals surface area contributed by atoms with E-state index in [1.165, 1.54) is 9.80 Å². The zero-order chi connectivity index (χ0) is 16.5. The molecule has 0 N–H and O–H groups in total. The van der Waals surface area contributed by atoms with Crippen molar-refractivity contribution in [2.75, 3.05) is 31.3 Å². The van der Waals surface area contributed by atoms with Crippen LogP contribution in [0.1, 0.15) is 16.8 Å². The molecule has 0 aliphatic carbocycles. The second kappa shape index (κ2) is 6.04. The Hall–Kier alpha value is -1.96. The summed E-state index contributed by atoms with van der Waals surface area (Å²) in [6, 6.07) is 6.60. The van der Waals surface area contributed by atoms with Crippen LogP contribution in [0, 0.1) is 5.92 Å². The molecule has 1 aliphatic heterocycles. The van der Waals surface area contributed by atoms with Crippen molar-refractivity contribution < 1.29 is 21.9 Å². The minimum absolute atomic E-state index is 0.0480. The number of rotatable bonds is 4. The number of para-hydroxylation sites is 1. The Bertz CT molecular complexity index is 703. The van der Waals surface area contributed by atoms with Crippen molar-refractivity contribution in [2.24, 2.45) is 5.92 Å². The predicted octanol–water partition coefficient (Wildman–Crippen LogP) is 1.04. The smallest absolute Gasteiger partial charge is 0.302 e. The number of hydrogen-bond acceptors (Lipinski definition) is 4. The molecule has 1 fully saturated rings. The van der Waals surface area contributed by atoms with E-state index in [9.17, 15) is 21.9 Å². The van der Waals surface area contributed by atoms with Gasteiger partial charge in [0.15, 0.2) is 0 Å². The first-order chi connectivity index (χ1) is 10.2. The van der Waals surface area contributed by atoms with Gasteiger partial charge in [-0.2, -0.15) is 8.42 Å². The Kier molecular flexibility index (Phi) is 4.50. The van der Waals surface area contributed by atoms with Crippen LogP contribution in [0.5, 0.6) is 0 Å². The molecule has 0 saturated carbocycles. The largest absolute Gasteiger partial charge is 0.345 e. The lowest BCUT2D eigenvalue weighted by atomic mass is 10.1. The molecule has 8 heteroatoms. The van der Waals surface area contributed by atoms with Crippen LogP contribution in [-0.4, -0.2) is 51.5 Å². The van der Waals surface area contributed by atoms with E-state index in [1.807, 2.05) is 0 Å². The van der Waals surface area contributed by atoms with Crippen LogP contribution in [-0.2, 0) is 15.0 Å². The molecular formula is C14H17FN2O4S. The monoisotopic (exact) mass is 328 g/mol. The molecular weight excluding hydrogens is 311 g/mol. The summed E-state index contributed by atoms with van der Waals surface area (Å²) in [6.07, 6.45) is -0.0480. The molecule has 1 aliphatic rings. The molecule has 6 nitrogen and oxygen atoms in total. The molecule has 0 radical (unpaired) electrons. The Morgan fingerprint density at radius 2 is 2.00 bits per heavy atom. The fourth-order valence-corrected chi connectivity index (χ4v) is 3.32. The van der Waals surface area contributed by atoms with E-state index in [0.29, 0.717) is 11.3 Å². The Labute approximate surface area is 128 Å². The summed E-state index contributed by atoms with van der Waals surface area (Å²) in [4.78, 5) is 27.0. The van der Waals surface area contributed by atoms with Gasteiger partial charge in [0.05, 0.1) is 17.0 Å². The molecule has 120 valence electrons. The second-order valence-electron chi connectivity index (χ2n) is 5.50. The normalized spacial score (nSPS) is 18.6. The summed E-state index contributed by atoms with van der Waals surface area (Å²) in [5.74, 6) is -1.86. The zero-order valence-electron chi connectivity index (χ0n) is 12.3. The van der Waals surface area contributed by atoms with E-state index >= 15 is 0 Å². The van der Waals surface area contributed by atoms with E-state index in [-0.39, 0.29) is 24.8 Å². The van der Waals surface area contributed by atoms with Gasteiger partial charge in [-0.05, 0) is 12.1 Å². The van der Waals surface area contributed by atoms with Gasteiger partial charge in [0.1, 0.15) is 0 Å². The number of nitrogens with zero attached hydrogens (tertiary/aromatic N) is 2. The summed E-state index contributed by atoms with van der Waals surface area (Å²) < 4.78 is 34.3. The van der Waals surface area contributed by atoms with Crippen molar-refractivity contribution in [1.29, 1.82) is 0 Å². The molecule has 2 rings (SSSR count). The highest BCUT2D eigenvalue weighted by Crippen LogP contribution is 2.29. The first-order valence-electron chi connectivity index (χ1n) is 6.72. The number of hydrogen-bond donors (Lipinski definition) is 0. The fraction of sp³-hybridized carbons (Fsp3) is 0.429. The summed E-state index contributed by atoms with van der Waals surface area (Å²) in [6.45, 7) is 0.0830. The number of carbonyl (C=O) groups is 2. The molecule has 1 unspecified atom stereocenters. The Morgan fingerprint density at radius 3 is 2.59 bits per heavy atom. The maximum Gasteiger partial charge on any atom is 0.302 e. The summed E-state index contributed by atoms with van der Waals surface area (Å²) in [5, 5.41) is 0. The van der Waals surface area contributed by atoms with E-state index in [4.69, 9.17) is 0 Å². The van der Waals surface area contributed by atoms with Crippen molar-refractivity contribution in [3.8, 4) is 0 Å². The van der Waals surface area contributed by atoms with Crippen molar-refractivity contribution >= 4 is 27.7 Å². The summed E-state index contributed by atoms with van der Waals surface area (Å²) in [5.41, 5.74) is 0.773. The lowest BCUT2D eigenvalue weighted by Gasteiger charge is -2.21.